The molecule has 2 atom stereocenters. The van der Waals surface area contributed by atoms with Crippen LogP contribution in [0.2, 0.25) is 0 Å². The van der Waals surface area contributed by atoms with Gasteiger partial charge in [0.05, 0.1) is 25.0 Å². The summed E-state index contributed by atoms with van der Waals surface area (Å²) in [5.41, 5.74) is -0.708. The van der Waals surface area contributed by atoms with E-state index in [2.05, 4.69) is 10.6 Å². The first-order valence-corrected chi connectivity index (χ1v) is 14.6. The van der Waals surface area contributed by atoms with E-state index in [0.717, 1.165) is 22.6 Å². The second-order valence-electron chi connectivity index (χ2n) is 9.62. The minimum Gasteiger partial charge on any atom is -0.481 e. The number of nitrogens with one attached hydrogen (secondary N) is 2. The number of amides is 3. The predicted molar refractivity (Wildman–Crippen MR) is 150 cm³/mol. The zero-order valence-electron chi connectivity index (χ0n) is 22.0. The third-order valence-electron chi connectivity index (χ3n) is 6.52. The van der Waals surface area contributed by atoms with Crippen LogP contribution in [0.1, 0.15) is 54.8 Å². The number of nitrogens with zero attached hydrogens (tertiary/aromatic N) is 1. The molecular weight excluding hydrogens is 538 g/mol. The number of carboxylic acids is 1. The Hall–Kier alpha value is -3.57. The fourth-order valence-corrected chi connectivity index (χ4v) is 5.92. The number of aliphatic carboxylic acids is 1. The van der Waals surface area contributed by atoms with Gasteiger partial charge in [-0.15, -0.1) is 22.7 Å². The molecule has 39 heavy (non-hydrogen) atoms. The molecule has 208 valence electrons. The first-order valence-electron chi connectivity index (χ1n) is 12.8. The summed E-state index contributed by atoms with van der Waals surface area (Å²) in [4.78, 5) is 42.8. The average molecular weight is 572 g/mol. The SMILES string of the molecule is CCCC[C@@H](NC(=O)N[C@@](C)(CC(=O)O)c1ccc2c(c1)OCO2)C(=O)N(Cc1cccs1)Cc1cccs1. The Morgan fingerprint density at radius 2 is 1.72 bits per heavy atom. The van der Waals surface area contributed by atoms with Crippen LogP contribution in [-0.4, -0.2) is 40.7 Å². The molecule has 3 N–H and O–H groups in total. The van der Waals surface area contributed by atoms with Crippen LogP contribution in [0.25, 0.3) is 0 Å². The van der Waals surface area contributed by atoms with Crippen LogP contribution in [0.3, 0.4) is 0 Å². The first-order chi connectivity index (χ1) is 18.8. The molecule has 9 nitrogen and oxygen atoms in total. The Bertz CT molecular complexity index is 1230. The van der Waals surface area contributed by atoms with Gasteiger partial charge in [-0.3, -0.25) is 9.59 Å². The van der Waals surface area contributed by atoms with Gasteiger partial charge in [0.2, 0.25) is 12.7 Å². The quantitative estimate of drug-likeness (QED) is 0.256. The predicted octanol–water partition coefficient (Wildman–Crippen LogP) is 5.32. The Labute approximate surface area is 235 Å². The van der Waals surface area contributed by atoms with Gasteiger partial charge in [0.15, 0.2) is 11.5 Å². The number of thiophene rings is 2. The fraction of sp³-hybridized carbons (Fsp3) is 0.393. The maximum absolute atomic E-state index is 13.8. The van der Waals surface area contributed by atoms with Gasteiger partial charge in [-0.1, -0.05) is 38.0 Å². The monoisotopic (exact) mass is 571 g/mol. The standard InChI is InChI=1S/C28H33N3O6S2/c1-3-4-9-22(26(34)31(16-20-7-5-12-38-20)17-21-8-6-13-39-21)29-27(35)30-28(2,15-25(32)33)19-10-11-23-24(14-19)37-18-36-23/h5-8,10-14,22H,3-4,9,15-18H2,1-2H3,(H,32,33)(H2,29,30,35)/t22-,28+/m1/s1. The summed E-state index contributed by atoms with van der Waals surface area (Å²) in [6.07, 6.45) is 1.71. The Morgan fingerprint density at radius 3 is 2.31 bits per heavy atom. The average Bonchev–Trinajstić information content (AvgIpc) is 3.68. The van der Waals surface area contributed by atoms with E-state index in [1.54, 1.807) is 52.7 Å². The van der Waals surface area contributed by atoms with Crippen molar-refractivity contribution in [2.75, 3.05) is 6.79 Å². The van der Waals surface area contributed by atoms with E-state index in [-0.39, 0.29) is 19.1 Å². The third kappa shape index (κ3) is 7.51. The summed E-state index contributed by atoms with van der Waals surface area (Å²) in [7, 11) is 0. The molecule has 11 heteroatoms. The van der Waals surface area contributed by atoms with Gasteiger partial charge in [-0.25, -0.2) is 4.79 Å². The number of hydrogen-bond acceptors (Lipinski definition) is 7. The van der Waals surface area contributed by atoms with Crippen LogP contribution < -0.4 is 20.1 Å². The van der Waals surface area contributed by atoms with Crippen molar-refractivity contribution in [1.29, 1.82) is 0 Å². The number of ether oxygens (including phenoxy) is 2. The number of carbonyl (C=O) groups excluding carboxylic acids is 2. The lowest BCUT2D eigenvalue weighted by Crippen LogP contribution is -2.55. The molecule has 0 saturated heterocycles. The summed E-state index contributed by atoms with van der Waals surface area (Å²) in [6, 6.07) is 11.6. The van der Waals surface area contributed by atoms with Crippen molar-refractivity contribution >= 4 is 40.6 Å². The molecule has 0 aliphatic carbocycles. The van der Waals surface area contributed by atoms with E-state index < -0.39 is 23.6 Å². The smallest absolute Gasteiger partial charge is 0.316 e. The number of fused-ring (bicyclic) bond motifs is 1. The summed E-state index contributed by atoms with van der Waals surface area (Å²) < 4.78 is 10.8. The van der Waals surface area contributed by atoms with Crippen LogP contribution in [0.4, 0.5) is 4.79 Å². The number of unbranched alkanes of at least 4 members (excludes halogenated alkanes) is 1. The van der Waals surface area contributed by atoms with Gasteiger partial charge < -0.3 is 30.1 Å². The lowest BCUT2D eigenvalue weighted by molar-refractivity contribution is -0.138. The summed E-state index contributed by atoms with van der Waals surface area (Å²) >= 11 is 3.16. The highest BCUT2D eigenvalue weighted by Crippen LogP contribution is 2.37. The van der Waals surface area contributed by atoms with Crippen LogP contribution in [-0.2, 0) is 28.2 Å². The molecule has 3 aromatic rings. The van der Waals surface area contributed by atoms with Crippen molar-refractivity contribution in [2.24, 2.45) is 0 Å². The second kappa shape index (κ2) is 13.0. The number of benzene rings is 1. The summed E-state index contributed by atoms with van der Waals surface area (Å²) in [5, 5.41) is 19.3. The van der Waals surface area contributed by atoms with Crippen molar-refractivity contribution in [3.05, 3.63) is 68.5 Å². The largest absolute Gasteiger partial charge is 0.481 e. The minimum absolute atomic E-state index is 0.0804. The second-order valence-corrected chi connectivity index (χ2v) is 11.7. The molecule has 1 aromatic carbocycles. The van der Waals surface area contributed by atoms with Crippen molar-refractivity contribution in [2.45, 2.75) is 64.2 Å². The molecule has 0 bridgehead atoms. The van der Waals surface area contributed by atoms with Crippen LogP contribution in [0, 0.1) is 0 Å². The molecule has 3 heterocycles. The molecule has 0 saturated carbocycles. The van der Waals surface area contributed by atoms with Crippen molar-refractivity contribution < 1.29 is 29.0 Å². The van der Waals surface area contributed by atoms with Gasteiger partial charge in [-0.05, 0) is 53.9 Å². The molecule has 0 fully saturated rings. The minimum atomic E-state index is -1.26. The molecule has 1 aliphatic heterocycles. The molecule has 0 radical (unpaired) electrons. The molecule has 4 rings (SSSR count). The third-order valence-corrected chi connectivity index (χ3v) is 8.24. The van der Waals surface area contributed by atoms with E-state index in [1.807, 2.05) is 41.9 Å². The van der Waals surface area contributed by atoms with Gasteiger partial charge in [-0.2, -0.15) is 0 Å². The number of rotatable bonds is 13. The van der Waals surface area contributed by atoms with Gasteiger partial charge in [0, 0.05) is 9.75 Å². The van der Waals surface area contributed by atoms with E-state index in [4.69, 9.17) is 9.47 Å². The Balaban J connectivity index is 1.53. The topological polar surface area (TPSA) is 117 Å². The van der Waals surface area contributed by atoms with Crippen LogP contribution >= 0.6 is 22.7 Å². The molecule has 1 aliphatic rings. The number of carbonyl (C=O) groups is 3. The summed E-state index contributed by atoms with van der Waals surface area (Å²) in [6.45, 7) is 4.63. The van der Waals surface area contributed by atoms with Gasteiger partial charge in [0.25, 0.3) is 0 Å². The van der Waals surface area contributed by atoms with Crippen LogP contribution in [0.15, 0.2) is 53.2 Å². The van der Waals surface area contributed by atoms with Gasteiger partial charge in [0.1, 0.15) is 6.04 Å². The van der Waals surface area contributed by atoms with Crippen LogP contribution in [0.5, 0.6) is 11.5 Å². The Kier molecular flexibility index (Phi) is 9.47. The zero-order chi connectivity index (χ0) is 27.8. The number of hydrogen-bond donors (Lipinski definition) is 3. The lowest BCUT2D eigenvalue weighted by Gasteiger charge is -2.32. The molecule has 2 aromatic heterocycles. The van der Waals surface area contributed by atoms with Crippen molar-refractivity contribution in [3.63, 3.8) is 0 Å². The van der Waals surface area contributed by atoms with Crippen molar-refractivity contribution in [1.82, 2.24) is 15.5 Å². The highest BCUT2D eigenvalue weighted by atomic mass is 32.1. The number of carboxylic acid groups (broad SMARTS) is 1. The lowest BCUT2D eigenvalue weighted by atomic mass is 9.88. The molecular formula is C28H33N3O6S2. The number of urea groups is 1. The summed E-state index contributed by atoms with van der Waals surface area (Å²) in [5.74, 6) is -0.210. The zero-order valence-corrected chi connectivity index (χ0v) is 23.6. The molecule has 0 spiro atoms. The normalized spacial score (nSPS) is 14.3. The maximum atomic E-state index is 13.8. The molecule has 0 unspecified atom stereocenters. The van der Waals surface area contributed by atoms with E-state index in [1.165, 1.54) is 0 Å². The molecule has 3 amide bonds. The van der Waals surface area contributed by atoms with Crippen molar-refractivity contribution in [3.8, 4) is 11.5 Å². The highest BCUT2D eigenvalue weighted by Gasteiger charge is 2.35. The van der Waals surface area contributed by atoms with E-state index >= 15 is 0 Å². The van der Waals surface area contributed by atoms with E-state index in [9.17, 15) is 19.5 Å². The van der Waals surface area contributed by atoms with Gasteiger partial charge >= 0.3 is 12.0 Å². The fourth-order valence-electron chi connectivity index (χ4n) is 4.48. The maximum Gasteiger partial charge on any atom is 0.316 e. The first kappa shape index (κ1) is 28.4. The Morgan fingerprint density at radius 1 is 1.05 bits per heavy atom. The van der Waals surface area contributed by atoms with E-state index in [0.29, 0.717) is 36.6 Å². The highest BCUT2D eigenvalue weighted by molar-refractivity contribution is 7.10.